The van der Waals surface area contributed by atoms with Gasteiger partial charge in [0, 0.05) is 23.9 Å². The first-order valence-electron chi connectivity index (χ1n) is 11.0. The van der Waals surface area contributed by atoms with E-state index in [4.69, 9.17) is 16.3 Å². The van der Waals surface area contributed by atoms with Gasteiger partial charge in [0.2, 0.25) is 5.91 Å². The Morgan fingerprint density at radius 1 is 1.06 bits per heavy atom. The molecule has 32 heavy (non-hydrogen) atoms. The summed E-state index contributed by atoms with van der Waals surface area (Å²) in [5.74, 6) is 2.02. The Morgan fingerprint density at radius 2 is 1.81 bits per heavy atom. The van der Waals surface area contributed by atoms with E-state index in [0.29, 0.717) is 34.8 Å². The van der Waals surface area contributed by atoms with Crippen LogP contribution in [0.5, 0.6) is 5.75 Å². The normalized spacial score (nSPS) is 14.3. The average Bonchev–Trinajstić information content (AvgIpc) is 3.22. The van der Waals surface area contributed by atoms with E-state index in [1.807, 2.05) is 53.1 Å². The monoisotopic (exact) mass is 470 g/mol. The van der Waals surface area contributed by atoms with E-state index < -0.39 is 0 Å². The molecule has 0 saturated heterocycles. The smallest absolute Gasteiger partial charge is 0.221 e. The van der Waals surface area contributed by atoms with E-state index in [0.717, 1.165) is 23.7 Å². The maximum atomic E-state index is 12.4. The molecule has 8 heteroatoms. The molecule has 0 bridgehead atoms. The Bertz CT molecular complexity index is 1020. The number of hydrogen-bond acceptors (Lipinski definition) is 5. The minimum absolute atomic E-state index is 0.109. The van der Waals surface area contributed by atoms with Crippen molar-refractivity contribution in [2.75, 3.05) is 5.75 Å². The highest BCUT2D eigenvalue weighted by molar-refractivity contribution is 7.99. The number of hydrogen-bond donors (Lipinski definition) is 1. The SMILES string of the molecule is O=C(CCSc1nnc(COc2ccccc2Cl)n1-c1ccccc1)NC1CCCCC1. The van der Waals surface area contributed by atoms with Crippen LogP contribution in [0, 0.1) is 0 Å². The number of nitrogens with one attached hydrogen (secondary N) is 1. The Hall–Kier alpha value is -2.51. The summed E-state index contributed by atoms with van der Waals surface area (Å²) >= 11 is 7.74. The van der Waals surface area contributed by atoms with Gasteiger partial charge in [-0.3, -0.25) is 9.36 Å². The Kier molecular flexibility index (Phi) is 8.07. The molecule has 6 nitrogen and oxygen atoms in total. The topological polar surface area (TPSA) is 69.0 Å². The number of carbonyl (C=O) groups excluding carboxylic acids is 1. The molecule has 1 fully saturated rings. The van der Waals surface area contributed by atoms with E-state index in [1.165, 1.54) is 31.0 Å². The number of halogens is 1. The number of ether oxygens (including phenoxy) is 1. The maximum Gasteiger partial charge on any atom is 0.221 e. The van der Waals surface area contributed by atoms with Crippen LogP contribution >= 0.6 is 23.4 Å². The summed E-state index contributed by atoms with van der Waals surface area (Å²) in [6.45, 7) is 0.231. The second kappa shape index (κ2) is 11.4. The van der Waals surface area contributed by atoms with Gasteiger partial charge in [0.15, 0.2) is 11.0 Å². The lowest BCUT2D eigenvalue weighted by Crippen LogP contribution is -2.36. The molecule has 3 aromatic rings. The standard InChI is InChI=1S/C24H27ClN4O2S/c25-20-13-7-8-14-21(20)31-17-22-27-28-24(29(22)19-11-5-2-6-12-19)32-16-15-23(30)26-18-9-3-1-4-10-18/h2,5-8,11-14,18H,1,3-4,9-10,15-17H2,(H,26,30). The van der Waals surface area contributed by atoms with Crippen LogP contribution in [0.25, 0.3) is 5.69 Å². The van der Waals surface area contributed by atoms with Crippen LogP contribution in [0.3, 0.4) is 0 Å². The van der Waals surface area contributed by atoms with E-state index in [9.17, 15) is 4.79 Å². The van der Waals surface area contributed by atoms with Crippen molar-refractivity contribution in [1.29, 1.82) is 0 Å². The molecule has 0 radical (unpaired) electrons. The predicted octanol–water partition coefficient (Wildman–Crippen LogP) is 5.43. The molecule has 168 valence electrons. The van der Waals surface area contributed by atoms with Crippen LogP contribution in [0.1, 0.15) is 44.3 Å². The van der Waals surface area contributed by atoms with Crippen molar-refractivity contribution in [3.05, 3.63) is 65.4 Å². The fourth-order valence-electron chi connectivity index (χ4n) is 3.81. The number of thioether (sulfide) groups is 1. The van der Waals surface area contributed by atoms with Crippen LogP contribution in [0.15, 0.2) is 59.8 Å². The summed E-state index contributed by atoms with van der Waals surface area (Å²) < 4.78 is 7.87. The molecule has 1 aliphatic rings. The first kappa shape index (κ1) is 22.7. The highest BCUT2D eigenvalue weighted by Gasteiger charge is 2.18. The lowest BCUT2D eigenvalue weighted by atomic mass is 9.95. The van der Waals surface area contributed by atoms with Gasteiger partial charge in [0.05, 0.1) is 5.02 Å². The van der Waals surface area contributed by atoms with E-state index in [-0.39, 0.29) is 12.5 Å². The van der Waals surface area contributed by atoms with Crippen LogP contribution in [-0.4, -0.2) is 32.5 Å². The van der Waals surface area contributed by atoms with Gasteiger partial charge >= 0.3 is 0 Å². The van der Waals surface area contributed by atoms with Crippen LogP contribution in [0.2, 0.25) is 5.02 Å². The first-order chi connectivity index (χ1) is 15.7. The molecule has 1 heterocycles. The van der Waals surface area contributed by atoms with Crippen molar-refractivity contribution in [2.45, 2.75) is 56.3 Å². The van der Waals surface area contributed by atoms with Crippen molar-refractivity contribution in [1.82, 2.24) is 20.1 Å². The molecule has 4 rings (SSSR count). The van der Waals surface area contributed by atoms with Crippen molar-refractivity contribution in [3.63, 3.8) is 0 Å². The summed E-state index contributed by atoms with van der Waals surface area (Å²) in [5.41, 5.74) is 0.949. The van der Waals surface area contributed by atoms with Gasteiger partial charge in [-0.1, -0.05) is 73.0 Å². The van der Waals surface area contributed by atoms with Crippen molar-refractivity contribution in [3.8, 4) is 11.4 Å². The third-order valence-corrected chi connectivity index (χ3v) is 6.68. The molecule has 1 amide bonds. The fourth-order valence-corrected chi connectivity index (χ4v) is 4.91. The molecule has 1 aliphatic carbocycles. The minimum Gasteiger partial charge on any atom is -0.484 e. The van der Waals surface area contributed by atoms with Crippen molar-refractivity contribution < 1.29 is 9.53 Å². The number of amides is 1. The van der Waals surface area contributed by atoms with Gasteiger partial charge in [-0.15, -0.1) is 10.2 Å². The molecule has 0 aliphatic heterocycles. The molecule has 0 atom stereocenters. The predicted molar refractivity (Wildman–Crippen MR) is 127 cm³/mol. The van der Waals surface area contributed by atoms with Crippen LogP contribution < -0.4 is 10.1 Å². The summed E-state index contributed by atoms with van der Waals surface area (Å²) in [7, 11) is 0. The lowest BCUT2D eigenvalue weighted by Gasteiger charge is -2.22. The van der Waals surface area contributed by atoms with Crippen LogP contribution in [-0.2, 0) is 11.4 Å². The van der Waals surface area contributed by atoms with Gasteiger partial charge in [-0.25, -0.2) is 0 Å². The summed E-state index contributed by atoms with van der Waals surface area (Å²) in [6, 6.07) is 17.6. The summed E-state index contributed by atoms with van der Waals surface area (Å²) in [4.78, 5) is 12.4. The Balaban J connectivity index is 1.41. The maximum absolute atomic E-state index is 12.4. The van der Waals surface area contributed by atoms with Crippen molar-refractivity contribution in [2.24, 2.45) is 0 Å². The number of nitrogens with zero attached hydrogens (tertiary/aromatic N) is 3. The van der Waals surface area contributed by atoms with Gasteiger partial charge in [-0.2, -0.15) is 0 Å². The molecular weight excluding hydrogens is 444 g/mol. The van der Waals surface area contributed by atoms with Gasteiger partial charge in [0.1, 0.15) is 12.4 Å². The van der Waals surface area contributed by atoms with E-state index in [1.54, 1.807) is 6.07 Å². The Labute approximate surface area is 197 Å². The number of para-hydroxylation sites is 2. The number of rotatable bonds is 9. The molecule has 1 aromatic heterocycles. The lowest BCUT2D eigenvalue weighted by molar-refractivity contribution is -0.121. The fraction of sp³-hybridized carbons (Fsp3) is 0.375. The zero-order valence-electron chi connectivity index (χ0n) is 17.9. The highest BCUT2D eigenvalue weighted by Crippen LogP contribution is 2.26. The quantitative estimate of drug-likeness (QED) is 0.422. The summed E-state index contributed by atoms with van der Waals surface area (Å²) in [5, 5.41) is 13.2. The molecular formula is C24H27ClN4O2S. The number of benzene rings is 2. The average molecular weight is 471 g/mol. The zero-order valence-corrected chi connectivity index (χ0v) is 19.4. The minimum atomic E-state index is 0.109. The molecule has 2 aromatic carbocycles. The van der Waals surface area contributed by atoms with Crippen molar-refractivity contribution >= 4 is 29.3 Å². The molecule has 0 spiro atoms. The zero-order chi connectivity index (χ0) is 22.2. The highest BCUT2D eigenvalue weighted by atomic mass is 35.5. The second-order valence-electron chi connectivity index (χ2n) is 7.79. The third-order valence-electron chi connectivity index (χ3n) is 5.44. The van der Waals surface area contributed by atoms with E-state index >= 15 is 0 Å². The molecule has 1 saturated carbocycles. The van der Waals surface area contributed by atoms with Gasteiger partial charge in [0.25, 0.3) is 0 Å². The number of aromatic nitrogens is 3. The number of carbonyl (C=O) groups is 1. The van der Waals surface area contributed by atoms with Crippen LogP contribution in [0.4, 0.5) is 0 Å². The summed E-state index contributed by atoms with van der Waals surface area (Å²) in [6.07, 6.45) is 6.33. The Morgan fingerprint density at radius 3 is 2.59 bits per heavy atom. The van der Waals surface area contributed by atoms with Gasteiger partial charge in [-0.05, 0) is 37.1 Å². The second-order valence-corrected chi connectivity index (χ2v) is 9.26. The van der Waals surface area contributed by atoms with E-state index in [2.05, 4.69) is 15.5 Å². The first-order valence-corrected chi connectivity index (χ1v) is 12.4. The third kappa shape index (κ3) is 6.04. The molecule has 0 unspecified atom stereocenters. The molecule has 1 N–H and O–H groups in total. The van der Waals surface area contributed by atoms with Gasteiger partial charge < -0.3 is 10.1 Å². The largest absolute Gasteiger partial charge is 0.484 e.